The molecule has 1 aromatic carbocycles. The zero-order valence-corrected chi connectivity index (χ0v) is 14.2. The summed E-state index contributed by atoms with van der Waals surface area (Å²) < 4.78 is 17.0. The summed E-state index contributed by atoms with van der Waals surface area (Å²) in [6.07, 6.45) is 5.01. The molecule has 0 heterocycles. The van der Waals surface area contributed by atoms with Crippen molar-refractivity contribution in [1.82, 2.24) is 0 Å². The highest BCUT2D eigenvalue weighted by Gasteiger charge is 2.28. The number of methoxy groups -OCH3 is 1. The molecule has 0 radical (unpaired) electrons. The second-order valence-electron chi connectivity index (χ2n) is 6.69. The summed E-state index contributed by atoms with van der Waals surface area (Å²) in [5.74, 6) is 0.930. The number of benzene rings is 1. The molecule has 0 aromatic heterocycles. The van der Waals surface area contributed by atoms with Crippen molar-refractivity contribution < 1.29 is 14.2 Å². The molecule has 2 rings (SSSR count). The molecule has 1 aliphatic rings. The highest BCUT2D eigenvalue weighted by molar-refractivity contribution is 5.13. The van der Waals surface area contributed by atoms with Crippen LogP contribution in [0, 0.1) is 11.8 Å². The third kappa shape index (κ3) is 5.71. The van der Waals surface area contributed by atoms with Gasteiger partial charge in [0.1, 0.15) is 0 Å². The lowest BCUT2D eigenvalue weighted by atomic mass is 9.94. The van der Waals surface area contributed by atoms with Gasteiger partial charge in [0.2, 0.25) is 0 Å². The van der Waals surface area contributed by atoms with Crippen LogP contribution in [0.1, 0.15) is 45.1 Å². The van der Waals surface area contributed by atoms with Crippen molar-refractivity contribution in [3.63, 3.8) is 0 Å². The fourth-order valence-corrected chi connectivity index (χ4v) is 3.13. The van der Waals surface area contributed by atoms with Gasteiger partial charge in [-0.3, -0.25) is 0 Å². The predicted octanol–water partition coefficient (Wildman–Crippen LogP) is 4.41. The van der Waals surface area contributed by atoms with E-state index < -0.39 is 5.79 Å². The first kappa shape index (κ1) is 17.5. The Kier molecular flexibility index (Phi) is 6.87. The van der Waals surface area contributed by atoms with Gasteiger partial charge < -0.3 is 14.2 Å². The van der Waals surface area contributed by atoms with Gasteiger partial charge in [-0.1, -0.05) is 43.2 Å². The van der Waals surface area contributed by atoms with Crippen molar-refractivity contribution in [2.75, 3.05) is 20.3 Å². The lowest BCUT2D eigenvalue weighted by molar-refractivity contribution is -0.199. The lowest BCUT2D eigenvalue weighted by Gasteiger charge is -2.25. The summed E-state index contributed by atoms with van der Waals surface area (Å²) in [7, 11) is 1.69. The van der Waals surface area contributed by atoms with Gasteiger partial charge in [0.05, 0.1) is 19.8 Å². The summed E-state index contributed by atoms with van der Waals surface area (Å²) in [6.45, 7) is 6.27. The third-order valence-corrected chi connectivity index (χ3v) is 4.69. The largest absolute Gasteiger partial charge is 0.376 e. The van der Waals surface area contributed by atoms with Crippen LogP contribution in [0.25, 0.3) is 0 Å². The molecular weight excluding hydrogens is 276 g/mol. The van der Waals surface area contributed by atoms with Gasteiger partial charge in [0.25, 0.3) is 0 Å². The van der Waals surface area contributed by atoms with E-state index in [1.54, 1.807) is 7.11 Å². The van der Waals surface area contributed by atoms with Crippen LogP contribution < -0.4 is 0 Å². The van der Waals surface area contributed by atoms with Gasteiger partial charge in [0, 0.05) is 7.11 Å². The Bertz CT molecular complexity index is 416. The maximum Gasteiger partial charge on any atom is 0.162 e. The first-order valence-corrected chi connectivity index (χ1v) is 8.41. The quantitative estimate of drug-likeness (QED) is 0.633. The Morgan fingerprint density at radius 2 is 1.82 bits per heavy atom. The molecule has 0 amide bonds. The van der Waals surface area contributed by atoms with E-state index in [0.29, 0.717) is 5.92 Å². The summed E-state index contributed by atoms with van der Waals surface area (Å²) in [6, 6.07) is 10.4. The minimum Gasteiger partial charge on any atom is -0.376 e. The van der Waals surface area contributed by atoms with Crippen LogP contribution in [0.2, 0.25) is 0 Å². The van der Waals surface area contributed by atoms with Gasteiger partial charge in [-0.25, -0.2) is 0 Å². The Balaban J connectivity index is 1.67. The van der Waals surface area contributed by atoms with Crippen LogP contribution in [-0.4, -0.2) is 26.1 Å². The molecule has 0 saturated heterocycles. The molecule has 0 bridgehead atoms. The molecule has 1 aliphatic carbocycles. The monoisotopic (exact) mass is 306 g/mol. The first-order valence-electron chi connectivity index (χ1n) is 8.41. The molecule has 1 saturated carbocycles. The standard InChI is InChI=1S/C19H30O3/c1-19(2,20-3)22-13-12-17-10-7-11-18(17)15-21-14-16-8-5-4-6-9-16/h4-6,8-9,17-18H,7,10-15H2,1-3H3/t17-,18?/m0/s1. The molecule has 0 spiro atoms. The maximum absolute atomic E-state index is 5.94. The summed E-state index contributed by atoms with van der Waals surface area (Å²) in [4.78, 5) is 0. The number of hydrogen-bond acceptors (Lipinski definition) is 3. The minimum absolute atomic E-state index is 0.474. The Morgan fingerprint density at radius 1 is 1.09 bits per heavy atom. The van der Waals surface area contributed by atoms with E-state index in [0.717, 1.165) is 32.2 Å². The van der Waals surface area contributed by atoms with Crippen LogP contribution in [0.3, 0.4) is 0 Å². The highest BCUT2D eigenvalue weighted by atomic mass is 16.7. The van der Waals surface area contributed by atoms with Gasteiger partial charge in [-0.15, -0.1) is 0 Å². The average molecular weight is 306 g/mol. The number of rotatable bonds is 9. The topological polar surface area (TPSA) is 27.7 Å². The Labute approximate surface area is 135 Å². The molecule has 124 valence electrons. The van der Waals surface area contributed by atoms with E-state index in [9.17, 15) is 0 Å². The summed E-state index contributed by atoms with van der Waals surface area (Å²) >= 11 is 0. The summed E-state index contributed by atoms with van der Waals surface area (Å²) in [5, 5.41) is 0. The van der Waals surface area contributed by atoms with Crippen molar-refractivity contribution in [2.24, 2.45) is 11.8 Å². The van der Waals surface area contributed by atoms with Gasteiger partial charge in [0.15, 0.2) is 5.79 Å². The van der Waals surface area contributed by atoms with Crippen LogP contribution >= 0.6 is 0 Å². The van der Waals surface area contributed by atoms with Gasteiger partial charge >= 0.3 is 0 Å². The molecule has 3 heteroatoms. The third-order valence-electron chi connectivity index (χ3n) is 4.69. The fourth-order valence-electron chi connectivity index (χ4n) is 3.13. The molecule has 1 unspecified atom stereocenters. The van der Waals surface area contributed by atoms with Crippen molar-refractivity contribution in [1.29, 1.82) is 0 Å². The Hall–Kier alpha value is -0.900. The van der Waals surface area contributed by atoms with Gasteiger partial charge in [-0.2, -0.15) is 0 Å². The van der Waals surface area contributed by atoms with Crippen molar-refractivity contribution in [3.8, 4) is 0 Å². The zero-order chi connectivity index (χ0) is 15.8. The molecule has 2 atom stereocenters. The second kappa shape index (κ2) is 8.66. The lowest BCUT2D eigenvalue weighted by Crippen LogP contribution is -2.28. The molecule has 1 aromatic rings. The molecule has 3 nitrogen and oxygen atoms in total. The average Bonchev–Trinajstić information content (AvgIpc) is 2.96. The van der Waals surface area contributed by atoms with Crippen LogP contribution in [0.15, 0.2) is 30.3 Å². The fraction of sp³-hybridized carbons (Fsp3) is 0.684. The number of hydrogen-bond donors (Lipinski definition) is 0. The molecule has 1 fully saturated rings. The van der Waals surface area contributed by atoms with Gasteiger partial charge in [-0.05, 0) is 44.1 Å². The van der Waals surface area contributed by atoms with Crippen molar-refractivity contribution in [2.45, 2.75) is 51.9 Å². The SMILES string of the molecule is COC(C)(C)OCC[C@@H]1CCCC1COCc1ccccc1. The summed E-state index contributed by atoms with van der Waals surface area (Å²) in [5.41, 5.74) is 1.25. The molecule has 0 aliphatic heterocycles. The van der Waals surface area contributed by atoms with Crippen molar-refractivity contribution >= 4 is 0 Å². The van der Waals surface area contributed by atoms with E-state index in [1.807, 2.05) is 19.9 Å². The highest BCUT2D eigenvalue weighted by Crippen LogP contribution is 2.34. The van der Waals surface area contributed by atoms with E-state index in [4.69, 9.17) is 14.2 Å². The van der Waals surface area contributed by atoms with Crippen LogP contribution in [0.4, 0.5) is 0 Å². The Morgan fingerprint density at radius 3 is 2.55 bits per heavy atom. The predicted molar refractivity (Wildman–Crippen MR) is 88.6 cm³/mol. The van der Waals surface area contributed by atoms with Crippen LogP contribution in [-0.2, 0) is 20.8 Å². The van der Waals surface area contributed by atoms with E-state index >= 15 is 0 Å². The maximum atomic E-state index is 5.94. The van der Waals surface area contributed by atoms with Crippen molar-refractivity contribution in [3.05, 3.63) is 35.9 Å². The first-order chi connectivity index (χ1) is 10.6. The number of ether oxygens (including phenoxy) is 3. The van der Waals surface area contributed by atoms with E-state index in [1.165, 1.54) is 24.8 Å². The molecule has 22 heavy (non-hydrogen) atoms. The molecular formula is C19H30O3. The van der Waals surface area contributed by atoms with Crippen LogP contribution in [0.5, 0.6) is 0 Å². The van der Waals surface area contributed by atoms with E-state index in [-0.39, 0.29) is 0 Å². The molecule has 0 N–H and O–H groups in total. The smallest absolute Gasteiger partial charge is 0.162 e. The van der Waals surface area contributed by atoms with E-state index in [2.05, 4.69) is 24.3 Å². The zero-order valence-electron chi connectivity index (χ0n) is 14.2. The normalized spacial score (nSPS) is 22.1. The second-order valence-corrected chi connectivity index (χ2v) is 6.69. The minimum atomic E-state index is -0.474.